The van der Waals surface area contributed by atoms with E-state index in [0.29, 0.717) is 16.9 Å². The van der Waals surface area contributed by atoms with E-state index in [4.69, 9.17) is 5.73 Å². The Bertz CT molecular complexity index is 790. The molecule has 3 rings (SSSR count). The van der Waals surface area contributed by atoms with Gasteiger partial charge in [0.25, 0.3) is 5.91 Å². The Balaban J connectivity index is 2.06. The van der Waals surface area contributed by atoms with Crippen LogP contribution in [0.3, 0.4) is 0 Å². The van der Waals surface area contributed by atoms with Crippen LogP contribution in [-0.2, 0) is 0 Å². The SMILES string of the molecule is CNC(=O)c1ccc(F)c(C2CCCCCN2c2cc(C)nc(N)n2)c1. The van der Waals surface area contributed by atoms with Gasteiger partial charge in [0.2, 0.25) is 5.95 Å². The summed E-state index contributed by atoms with van der Waals surface area (Å²) in [7, 11) is 1.57. The molecule has 2 aromatic rings. The number of amides is 1. The summed E-state index contributed by atoms with van der Waals surface area (Å²) in [6, 6.07) is 6.19. The first-order valence-corrected chi connectivity index (χ1v) is 8.89. The molecule has 0 saturated carbocycles. The average Bonchev–Trinajstić information content (AvgIpc) is 2.86. The third kappa shape index (κ3) is 3.76. The monoisotopic (exact) mass is 357 g/mol. The number of anilines is 2. The zero-order valence-corrected chi connectivity index (χ0v) is 15.1. The summed E-state index contributed by atoms with van der Waals surface area (Å²) in [6.45, 7) is 2.62. The molecule has 1 fully saturated rings. The van der Waals surface area contributed by atoms with Crippen molar-refractivity contribution in [1.29, 1.82) is 0 Å². The van der Waals surface area contributed by atoms with Crippen LogP contribution in [0.1, 0.15) is 53.3 Å². The van der Waals surface area contributed by atoms with E-state index in [-0.39, 0.29) is 23.7 Å². The summed E-state index contributed by atoms with van der Waals surface area (Å²) >= 11 is 0. The number of nitrogen functional groups attached to an aromatic ring is 1. The number of nitrogens with zero attached hydrogens (tertiary/aromatic N) is 3. The molecule has 3 N–H and O–H groups in total. The lowest BCUT2D eigenvalue weighted by Crippen LogP contribution is -2.30. The Hall–Kier alpha value is -2.70. The van der Waals surface area contributed by atoms with Crippen LogP contribution in [0.5, 0.6) is 0 Å². The quantitative estimate of drug-likeness (QED) is 0.882. The molecule has 0 radical (unpaired) electrons. The summed E-state index contributed by atoms with van der Waals surface area (Å²) < 4.78 is 14.7. The minimum absolute atomic E-state index is 0.198. The van der Waals surface area contributed by atoms with Gasteiger partial charge in [-0.3, -0.25) is 4.79 Å². The lowest BCUT2D eigenvalue weighted by atomic mass is 9.97. The third-order valence-corrected chi connectivity index (χ3v) is 4.75. The number of aryl methyl sites for hydroxylation is 1. The van der Waals surface area contributed by atoms with Crippen LogP contribution < -0.4 is 16.0 Å². The predicted molar refractivity (Wildman–Crippen MR) is 99.5 cm³/mol. The largest absolute Gasteiger partial charge is 0.368 e. The van der Waals surface area contributed by atoms with Gasteiger partial charge in [0.05, 0.1) is 6.04 Å². The molecule has 1 atom stereocenters. The van der Waals surface area contributed by atoms with Crippen molar-refractivity contribution in [2.24, 2.45) is 0 Å². The van der Waals surface area contributed by atoms with Crippen LogP contribution in [0, 0.1) is 12.7 Å². The second-order valence-electron chi connectivity index (χ2n) is 6.60. The van der Waals surface area contributed by atoms with E-state index in [1.54, 1.807) is 13.1 Å². The lowest BCUT2D eigenvalue weighted by Gasteiger charge is -2.32. The van der Waals surface area contributed by atoms with Crippen LogP contribution in [0.25, 0.3) is 0 Å². The van der Waals surface area contributed by atoms with Crippen LogP contribution in [0.4, 0.5) is 16.2 Å². The molecule has 0 aliphatic carbocycles. The smallest absolute Gasteiger partial charge is 0.251 e. The normalized spacial score (nSPS) is 17.7. The highest BCUT2D eigenvalue weighted by Crippen LogP contribution is 2.35. The molecule has 1 aromatic carbocycles. The van der Waals surface area contributed by atoms with E-state index in [1.165, 1.54) is 12.1 Å². The van der Waals surface area contributed by atoms with Gasteiger partial charge >= 0.3 is 0 Å². The number of hydrogen-bond donors (Lipinski definition) is 2. The van der Waals surface area contributed by atoms with Gasteiger partial charge in [0, 0.05) is 36.5 Å². The molecule has 1 aliphatic rings. The molecule has 138 valence electrons. The summed E-state index contributed by atoms with van der Waals surface area (Å²) in [5, 5.41) is 2.59. The van der Waals surface area contributed by atoms with Crippen LogP contribution in [-0.4, -0.2) is 29.5 Å². The predicted octanol–water partition coefficient (Wildman–Crippen LogP) is 2.99. The van der Waals surface area contributed by atoms with E-state index in [2.05, 4.69) is 20.2 Å². The highest BCUT2D eigenvalue weighted by atomic mass is 19.1. The van der Waals surface area contributed by atoms with Crippen molar-refractivity contribution in [2.45, 2.75) is 38.6 Å². The number of hydrogen-bond acceptors (Lipinski definition) is 5. The summed E-state index contributed by atoms with van der Waals surface area (Å²) in [6.07, 6.45) is 3.85. The number of benzene rings is 1. The van der Waals surface area contributed by atoms with Crippen molar-refractivity contribution in [1.82, 2.24) is 15.3 Å². The first kappa shape index (κ1) is 18.1. The topological polar surface area (TPSA) is 84.1 Å². The van der Waals surface area contributed by atoms with Gasteiger partial charge in [0.15, 0.2) is 0 Å². The number of carbonyl (C=O) groups excluding carboxylic acids is 1. The third-order valence-electron chi connectivity index (χ3n) is 4.75. The maximum absolute atomic E-state index is 14.7. The molecular weight excluding hydrogens is 333 g/mol. The van der Waals surface area contributed by atoms with Gasteiger partial charge in [-0.25, -0.2) is 9.37 Å². The van der Waals surface area contributed by atoms with Crippen LogP contribution in [0.2, 0.25) is 0 Å². The molecule has 2 heterocycles. The van der Waals surface area contributed by atoms with Crippen molar-refractivity contribution in [2.75, 3.05) is 24.2 Å². The molecule has 6 nitrogen and oxygen atoms in total. The van der Waals surface area contributed by atoms with Gasteiger partial charge in [0.1, 0.15) is 11.6 Å². The average molecular weight is 357 g/mol. The Morgan fingerprint density at radius 3 is 2.81 bits per heavy atom. The Morgan fingerprint density at radius 2 is 2.08 bits per heavy atom. The van der Waals surface area contributed by atoms with E-state index in [1.807, 2.05) is 13.0 Å². The Labute approximate surface area is 152 Å². The first-order valence-electron chi connectivity index (χ1n) is 8.89. The van der Waals surface area contributed by atoms with E-state index in [9.17, 15) is 9.18 Å². The molecule has 1 aromatic heterocycles. The van der Waals surface area contributed by atoms with E-state index >= 15 is 0 Å². The highest BCUT2D eigenvalue weighted by molar-refractivity contribution is 5.94. The van der Waals surface area contributed by atoms with Crippen LogP contribution in [0.15, 0.2) is 24.3 Å². The van der Waals surface area contributed by atoms with Crippen LogP contribution >= 0.6 is 0 Å². The zero-order chi connectivity index (χ0) is 18.7. The first-order chi connectivity index (χ1) is 12.5. The molecule has 1 amide bonds. The number of rotatable bonds is 3. The fourth-order valence-corrected chi connectivity index (χ4v) is 3.51. The minimum atomic E-state index is -0.312. The van der Waals surface area contributed by atoms with Gasteiger partial charge in [-0.2, -0.15) is 4.98 Å². The van der Waals surface area contributed by atoms with Gasteiger partial charge in [-0.15, -0.1) is 0 Å². The standard InChI is InChI=1S/C19H24FN5O/c1-12-10-17(24-19(21)23-12)25-9-5-3-4-6-16(25)14-11-13(18(26)22-2)7-8-15(14)20/h7-8,10-11,16H,3-6,9H2,1-2H3,(H,22,26)(H2,21,23,24). The molecule has 1 saturated heterocycles. The fourth-order valence-electron chi connectivity index (χ4n) is 3.51. The van der Waals surface area contributed by atoms with Gasteiger partial charge in [-0.05, 0) is 38.0 Å². The zero-order valence-electron chi connectivity index (χ0n) is 15.1. The molecule has 7 heteroatoms. The van der Waals surface area contributed by atoms with Crippen molar-refractivity contribution in [3.63, 3.8) is 0 Å². The summed E-state index contributed by atoms with van der Waals surface area (Å²) in [4.78, 5) is 22.6. The summed E-state index contributed by atoms with van der Waals surface area (Å²) in [5.41, 5.74) is 7.57. The van der Waals surface area contributed by atoms with Crippen molar-refractivity contribution < 1.29 is 9.18 Å². The Kier molecular flexibility index (Phi) is 5.35. The fraction of sp³-hybridized carbons (Fsp3) is 0.421. The second kappa shape index (κ2) is 7.68. The van der Waals surface area contributed by atoms with Crippen molar-refractivity contribution in [3.8, 4) is 0 Å². The number of halogens is 1. The molecular formula is C19H24FN5O. The molecule has 0 bridgehead atoms. The second-order valence-corrected chi connectivity index (χ2v) is 6.60. The minimum Gasteiger partial charge on any atom is -0.368 e. The maximum atomic E-state index is 14.7. The molecule has 1 aliphatic heterocycles. The lowest BCUT2D eigenvalue weighted by molar-refractivity contribution is 0.0963. The number of carbonyl (C=O) groups is 1. The van der Waals surface area contributed by atoms with Gasteiger partial charge < -0.3 is 16.0 Å². The molecule has 26 heavy (non-hydrogen) atoms. The maximum Gasteiger partial charge on any atom is 0.251 e. The van der Waals surface area contributed by atoms with E-state index in [0.717, 1.165) is 37.9 Å². The van der Waals surface area contributed by atoms with Crippen molar-refractivity contribution in [3.05, 3.63) is 46.9 Å². The van der Waals surface area contributed by atoms with Gasteiger partial charge in [-0.1, -0.05) is 12.8 Å². The highest BCUT2D eigenvalue weighted by Gasteiger charge is 2.27. The van der Waals surface area contributed by atoms with E-state index < -0.39 is 0 Å². The van der Waals surface area contributed by atoms with Crippen molar-refractivity contribution >= 4 is 17.7 Å². The molecule has 1 unspecified atom stereocenters. The Morgan fingerprint density at radius 1 is 1.27 bits per heavy atom. The number of aromatic nitrogens is 2. The molecule has 0 spiro atoms. The number of nitrogens with one attached hydrogen (secondary N) is 1. The summed E-state index contributed by atoms with van der Waals surface area (Å²) in [5.74, 6) is 0.371. The number of nitrogens with two attached hydrogens (primary N) is 1.